The molecule has 1 saturated heterocycles. The number of aromatic nitrogens is 1. The number of hydrogen-bond acceptors (Lipinski definition) is 5. The number of likely N-dealkylation sites (tertiary alicyclic amines) is 1. The van der Waals surface area contributed by atoms with Gasteiger partial charge in [0, 0.05) is 24.0 Å². The van der Waals surface area contributed by atoms with E-state index in [-0.39, 0.29) is 17.9 Å². The third kappa shape index (κ3) is 4.36. The van der Waals surface area contributed by atoms with E-state index in [1.54, 1.807) is 0 Å². The molecule has 0 aliphatic carbocycles. The number of benzene rings is 1. The highest BCUT2D eigenvalue weighted by atomic mass is 32.1. The summed E-state index contributed by atoms with van der Waals surface area (Å²) in [5.41, 5.74) is 1.32. The van der Waals surface area contributed by atoms with Gasteiger partial charge in [0.1, 0.15) is 5.60 Å². The Bertz CT molecular complexity index is 761. The Balaban J connectivity index is 1.51. The molecule has 1 aromatic heterocycles. The molecule has 132 valence electrons. The number of thiazole rings is 1. The minimum atomic E-state index is -0.529. The van der Waals surface area contributed by atoms with Crippen molar-refractivity contribution in [2.75, 3.05) is 18.4 Å². The number of nitrogens with one attached hydrogen (secondary N) is 1. The maximum Gasteiger partial charge on any atom is 0.410 e. The predicted molar refractivity (Wildman–Crippen MR) is 97.5 cm³/mol. The average Bonchev–Trinajstić information content (AvgIpc) is 2.93. The van der Waals surface area contributed by atoms with Crippen molar-refractivity contribution < 1.29 is 14.3 Å². The van der Waals surface area contributed by atoms with Gasteiger partial charge in [-0.2, -0.15) is 0 Å². The molecule has 6 nitrogen and oxygen atoms in total. The highest BCUT2D eigenvalue weighted by molar-refractivity contribution is 7.14. The van der Waals surface area contributed by atoms with E-state index in [1.165, 1.54) is 16.2 Å². The Labute approximate surface area is 150 Å². The Kier molecular flexibility index (Phi) is 4.76. The minimum Gasteiger partial charge on any atom is -0.444 e. The molecule has 0 atom stereocenters. The van der Waals surface area contributed by atoms with Crippen LogP contribution in [0.15, 0.2) is 35.7 Å². The summed E-state index contributed by atoms with van der Waals surface area (Å²) in [6.45, 7) is 6.21. The monoisotopic (exact) mass is 359 g/mol. The second-order valence-electron chi connectivity index (χ2n) is 6.98. The van der Waals surface area contributed by atoms with Crippen LogP contribution in [0.3, 0.4) is 0 Å². The molecule has 2 aromatic rings. The van der Waals surface area contributed by atoms with Crippen LogP contribution >= 0.6 is 11.3 Å². The number of ether oxygens (including phenoxy) is 1. The molecule has 1 fully saturated rings. The number of hydrogen-bond donors (Lipinski definition) is 1. The first-order valence-electron chi connectivity index (χ1n) is 8.11. The van der Waals surface area contributed by atoms with Gasteiger partial charge in [0.25, 0.3) is 0 Å². The van der Waals surface area contributed by atoms with Crippen LogP contribution in [0.25, 0.3) is 11.3 Å². The van der Waals surface area contributed by atoms with Gasteiger partial charge in [0.15, 0.2) is 5.13 Å². The molecule has 1 aliphatic heterocycles. The van der Waals surface area contributed by atoms with Crippen molar-refractivity contribution in [3.63, 3.8) is 0 Å². The smallest absolute Gasteiger partial charge is 0.410 e. The zero-order valence-corrected chi connectivity index (χ0v) is 15.3. The van der Waals surface area contributed by atoms with E-state index in [4.69, 9.17) is 4.74 Å². The third-order valence-electron chi connectivity index (χ3n) is 3.71. The zero-order valence-electron chi connectivity index (χ0n) is 14.5. The molecular weight excluding hydrogens is 338 g/mol. The number of anilines is 1. The first-order chi connectivity index (χ1) is 11.8. The van der Waals surface area contributed by atoms with Gasteiger partial charge >= 0.3 is 6.09 Å². The lowest BCUT2D eigenvalue weighted by molar-refractivity contribution is -0.124. The molecule has 0 bridgehead atoms. The van der Waals surface area contributed by atoms with Gasteiger partial charge in [-0.1, -0.05) is 30.3 Å². The number of carbonyl (C=O) groups excluding carboxylic acids is 2. The Morgan fingerprint density at radius 3 is 2.56 bits per heavy atom. The lowest BCUT2D eigenvalue weighted by Crippen LogP contribution is -2.55. The van der Waals surface area contributed by atoms with Crippen LogP contribution in [-0.2, 0) is 9.53 Å². The summed E-state index contributed by atoms with van der Waals surface area (Å²) < 4.78 is 5.29. The summed E-state index contributed by atoms with van der Waals surface area (Å²) in [4.78, 5) is 30.1. The normalized spacial score (nSPS) is 14.8. The Morgan fingerprint density at radius 2 is 1.92 bits per heavy atom. The van der Waals surface area contributed by atoms with Crippen LogP contribution in [0.5, 0.6) is 0 Å². The SMILES string of the molecule is CC(C)(C)OC(=O)N1CC(C(=O)Nc2nc(-c3ccccc3)cs2)C1. The number of amides is 2. The van der Waals surface area contributed by atoms with Gasteiger partial charge in [-0.05, 0) is 20.8 Å². The van der Waals surface area contributed by atoms with Crippen molar-refractivity contribution >= 4 is 28.5 Å². The quantitative estimate of drug-likeness (QED) is 0.909. The molecule has 25 heavy (non-hydrogen) atoms. The topological polar surface area (TPSA) is 71.5 Å². The van der Waals surface area contributed by atoms with Crippen LogP contribution in [-0.4, -0.2) is 40.6 Å². The van der Waals surface area contributed by atoms with Gasteiger partial charge in [0.05, 0.1) is 11.6 Å². The maximum atomic E-state index is 12.3. The summed E-state index contributed by atoms with van der Waals surface area (Å²) in [6, 6.07) is 9.81. The van der Waals surface area contributed by atoms with Crippen LogP contribution in [0.2, 0.25) is 0 Å². The maximum absolute atomic E-state index is 12.3. The van der Waals surface area contributed by atoms with Crippen molar-refractivity contribution in [3.8, 4) is 11.3 Å². The molecule has 1 aliphatic rings. The molecule has 2 heterocycles. The number of nitrogens with zero attached hydrogens (tertiary/aromatic N) is 2. The van der Waals surface area contributed by atoms with E-state index in [2.05, 4.69) is 10.3 Å². The summed E-state index contributed by atoms with van der Waals surface area (Å²) in [7, 11) is 0. The lowest BCUT2D eigenvalue weighted by Gasteiger charge is -2.38. The van der Waals surface area contributed by atoms with Gasteiger partial charge in [0.2, 0.25) is 5.91 Å². The van der Waals surface area contributed by atoms with Crippen LogP contribution in [0.1, 0.15) is 20.8 Å². The van der Waals surface area contributed by atoms with E-state index in [0.717, 1.165) is 11.3 Å². The van der Waals surface area contributed by atoms with Gasteiger partial charge in [-0.25, -0.2) is 9.78 Å². The fraction of sp³-hybridized carbons (Fsp3) is 0.389. The fourth-order valence-electron chi connectivity index (χ4n) is 2.40. The molecule has 0 radical (unpaired) electrons. The highest BCUT2D eigenvalue weighted by Crippen LogP contribution is 2.26. The second-order valence-corrected chi connectivity index (χ2v) is 7.83. The molecular formula is C18H21N3O3S. The zero-order chi connectivity index (χ0) is 18.0. The second kappa shape index (κ2) is 6.84. The van der Waals surface area contributed by atoms with E-state index in [9.17, 15) is 9.59 Å². The Morgan fingerprint density at radius 1 is 1.24 bits per heavy atom. The summed E-state index contributed by atoms with van der Waals surface area (Å²) in [5, 5.41) is 5.32. The molecule has 7 heteroatoms. The molecule has 0 spiro atoms. The van der Waals surface area contributed by atoms with E-state index < -0.39 is 5.60 Å². The molecule has 0 unspecified atom stereocenters. The van der Waals surface area contributed by atoms with E-state index >= 15 is 0 Å². The van der Waals surface area contributed by atoms with Crippen molar-refractivity contribution in [2.24, 2.45) is 5.92 Å². The molecule has 1 N–H and O–H groups in total. The van der Waals surface area contributed by atoms with Crippen LogP contribution in [0.4, 0.5) is 9.93 Å². The first kappa shape index (κ1) is 17.4. The van der Waals surface area contributed by atoms with Crippen molar-refractivity contribution in [1.29, 1.82) is 0 Å². The number of rotatable bonds is 3. The fourth-order valence-corrected chi connectivity index (χ4v) is 3.12. The van der Waals surface area contributed by atoms with E-state index in [1.807, 2.05) is 56.5 Å². The standard InChI is InChI=1S/C18H21N3O3S/c1-18(2,3)24-17(23)21-9-13(10-21)15(22)20-16-19-14(11-25-16)12-7-5-4-6-8-12/h4-8,11,13H,9-10H2,1-3H3,(H,19,20,22). The minimum absolute atomic E-state index is 0.117. The van der Waals surface area contributed by atoms with Gasteiger partial charge in [-0.3, -0.25) is 4.79 Å². The molecule has 2 amide bonds. The summed E-state index contributed by atoms with van der Waals surface area (Å²) in [5.74, 6) is -0.342. The van der Waals surface area contributed by atoms with Crippen molar-refractivity contribution in [1.82, 2.24) is 9.88 Å². The van der Waals surface area contributed by atoms with Crippen LogP contribution in [0, 0.1) is 5.92 Å². The van der Waals surface area contributed by atoms with Gasteiger partial charge in [-0.15, -0.1) is 11.3 Å². The molecule has 0 saturated carbocycles. The first-order valence-corrected chi connectivity index (χ1v) is 8.99. The largest absolute Gasteiger partial charge is 0.444 e. The van der Waals surface area contributed by atoms with Crippen molar-refractivity contribution in [3.05, 3.63) is 35.7 Å². The lowest BCUT2D eigenvalue weighted by atomic mass is 10.0. The van der Waals surface area contributed by atoms with Gasteiger partial charge < -0.3 is 15.0 Å². The predicted octanol–water partition coefficient (Wildman–Crippen LogP) is 3.62. The highest BCUT2D eigenvalue weighted by Gasteiger charge is 2.38. The molecule has 3 rings (SSSR count). The van der Waals surface area contributed by atoms with Crippen molar-refractivity contribution in [2.45, 2.75) is 26.4 Å². The molecule has 1 aromatic carbocycles. The number of carbonyl (C=O) groups is 2. The van der Waals surface area contributed by atoms with Crippen LogP contribution < -0.4 is 5.32 Å². The third-order valence-corrected chi connectivity index (χ3v) is 4.47. The summed E-state index contributed by atoms with van der Waals surface area (Å²) >= 11 is 1.39. The van der Waals surface area contributed by atoms with E-state index in [0.29, 0.717) is 18.2 Å². The summed E-state index contributed by atoms with van der Waals surface area (Å²) in [6.07, 6.45) is -0.378. The Hall–Kier alpha value is -2.41. The average molecular weight is 359 g/mol.